The van der Waals surface area contributed by atoms with Gasteiger partial charge in [-0.05, 0) is 53.9 Å². The van der Waals surface area contributed by atoms with Crippen LogP contribution in [0.1, 0.15) is 29.3 Å². The third-order valence-corrected chi connectivity index (χ3v) is 3.63. The van der Waals surface area contributed by atoms with Gasteiger partial charge in [0, 0.05) is 17.6 Å². The Morgan fingerprint density at radius 2 is 2.12 bits per heavy atom. The molecule has 0 saturated heterocycles. The van der Waals surface area contributed by atoms with Crippen molar-refractivity contribution >= 4 is 21.8 Å². The van der Waals surface area contributed by atoms with E-state index >= 15 is 0 Å². The summed E-state index contributed by atoms with van der Waals surface area (Å²) in [6.07, 6.45) is 3.16. The molecule has 3 heteroatoms. The molecule has 1 heterocycles. The molecular formula is C14H16BrNO. The minimum atomic E-state index is 0.115. The number of nitrogens with zero attached hydrogens (tertiary/aromatic N) is 1. The molecule has 1 aliphatic heterocycles. The summed E-state index contributed by atoms with van der Waals surface area (Å²) in [5.74, 6) is 0.115. The van der Waals surface area contributed by atoms with Gasteiger partial charge in [0.15, 0.2) is 0 Å². The standard InChI is InChI=1S/C14H16BrNO/c1-10-5-6-12(13(15)8-10)14(17)16-7-3-4-11(2)9-16/h4-6,8H,3,7,9H2,1-2H3. The second-order valence-electron chi connectivity index (χ2n) is 4.55. The molecule has 0 radical (unpaired) electrons. The van der Waals surface area contributed by atoms with E-state index in [2.05, 4.69) is 28.9 Å². The largest absolute Gasteiger partial charge is 0.334 e. The zero-order valence-electron chi connectivity index (χ0n) is 10.2. The maximum atomic E-state index is 12.3. The number of benzene rings is 1. The van der Waals surface area contributed by atoms with E-state index in [1.807, 2.05) is 30.0 Å². The van der Waals surface area contributed by atoms with E-state index in [1.54, 1.807) is 0 Å². The first-order valence-corrected chi connectivity index (χ1v) is 6.58. The smallest absolute Gasteiger partial charge is 0.255 e. The number of rotatable bonds is 1. The summed E-state index contributed by atoms with van der Waals surface area (Å²) in [5, 5.41) is 0. The van der Waals surface area contributed by atoms with Crippen LogP contribution in [0.4, 0.5) is 0 Å². The van der Waals surface area contributed by atoms with Gasteiger partial charge in [-0.25, -0.2) is 0 Å². The van der Waals surface area contributed by atoms with Gasteiger partial charge in [-0.1, -0.05) is 17.7 Å². The van der Waals surface area contributed by atoms with Crippen LogP contribution in [0.15, 0.2) is 34.3 Å². The summed E-state index contributed by atoms with van der Waals surface area (Å²) in [7, 11) is 0. The fraction of sp³-hybridized carbons (Fsp3) is 0.357. The van der Waals surface area contributed by atoms with Crippen LogP contribution >= 0.6 is 15.9 Å². The number of halogens is 1. The second-order valence-corrected chi connectivity index (χ2v) is 5.40. The van der Waals surface area contributed by atoms with Gasteiger partial charge in [0.05, 0.1) is 5.56 Å². The van der Waals surface area contributed by atoms with Crippen LogP contribution in [-0.2, 0) is 0 Å². The van der Waals surface area contributed by atoms with Crippen molar-refractivity contribution in [2.75, 3.05) is 13.1 Å². The van der Waals surface area contributed by atoms with Gasteiger partial charge in [0.2, 0.25) is 0 Å². The Labute approximate surface area is 110 Å². The molecule has 0 atom stereocenters. The molecule has 90 valence electrons. The summed E-state index contributed by atoms with van der Waals surface area (Å²) in [6, 6.07) is 5.86. The van der Waals surface area contributed by atoms with Crippen molar-refractivity contribution < 1.29 is 4.79 Å². The summed E-state index contributed by atoms with van der Waals surface area (Å²) >= 11 is 3.47. The van der Waals surface area contributed by atoms with Gasteiger partial charge in [0.25, 0.3) is 5.91 Å². The number of carbonyl (C=O) groups excluding carboxylic acids is 1. The topological polar surface area (TPSA) is 20.3 Å². The highest BCUT2D eigenvalue weighted by Crippen LogP contribution is 2.21. The SMILES string of the molecule is CC1=CCCN(C(=O)c2ccc(C)cc2Br)C1. The highest BCUT2D eigenvalue weighted by Gasteiger charge is 2.19. The van der Waals surface area contributed by atoms with Crippen molar-refractivity contribution in [1.82, 2.24) is 4.90 Å². The summed E-state index contributed by atoms with van der Waals surface area (Å²) in [4.78, 5) is 14.3. The van der Waals surface area contributed by atoms with Gasteiger partial charge >= 0.3 is 0 Å². The fourth-order valence-electron chi connectivity index (χ4n) is 2.05. The van der Waals surface area contributed by atoms with E-state index < -0.39 is 0 Å². The molecule has 1 amide bonds. The number of amides is 1. The van der Waals surface area contributed by atoms with E-state index in [0.29, 0.717) is 0 Å². The van der Waals surface area contributed by atoms with Crippen LogP contribution in [0.25, 0.3) is 0 Å². The quantitative estimate of drug-likeness (QED) is 0.725. The first kappa shape index (κ1) is 12.4. The lowest BCUT2D eigenvalue weighted by atomic mass is 10.1. The lowest BCUT2D eigenvalue weighted by Gasteiger charge is -2.26. The molecule has 0 aliphatic carbocycles. The second kappa shape index (κ2) is 5.05. The molecule has 0 bridgehead atoms. The van der Waals surface area contributed by atoms with Gasteiger partial charge in [-0.2, -0.15) is 0 Å². The molecule has 17 heavy (non-hydrogen) atoms. The predicted molar refractivity (Wildman–Crippen MR) is 73.2 cm³/mol. The van der Waals surface area contributed by atoms with Crippen LogP contribution in [0.2, 0.25) is 0 Å². The van der Waals surface area contributed by atoms with Crippen molar-refractivity contribution in [1.29, 1.82) is 0 Å². The fourth-order valence-corrected chi connectivity index (χ4v) is 2.71. The lowest BCUT2D eigenvalue weighted by molar-refractivity contribution is 0.0765. The van der Waals surface area contributed by atoms with Crippen LogP contribution in [0, 0.1) is 6.92 Å². The minimum absolute atomic E-state index is 0.115. The summed E-state index contributed by atoms with van der Waals surface area (Å²) in [6.45, 7) is 5.66. The summed E-state index contributed by atoms with van der Waals surface area (Å²) < 4.78 is 0.884. The van der Waals surface area contributed by atoms with Crippen LogP contribution in [0.3, 0.4) is 0 Å². The molecule has 0 N–H and O–H groups in total. The Bertz CT molecular complexity index is 479. The Morgan fingerprint density at radius 3 is 2.76 bits per heavy atom. The first-order chi connectivity index (χ1) is 8.08. The third kappa shape index (κ3) is 2.78. The highest BCUT2D eigenvalue weighted by atomic mass is 79.9. The molecule has 2 nitrogen and oxygen atoms in total. The molecule has 0 fully saturated rings. The van der Waals surface area contributed by atoms with Crippen molar-refractivity contribution in [3.8, 4) is 0 Å². The average Bonchev–Trinajstić information content (AvgIpc) is 2.28. The number of carbonyl (C=O) groups is 1. The lowest BCUT2D eigenvalue weighted by Crippen LogP contribution is -2.35. The van der Waals surface area contributed by atoms with Gasteiger partial charge in [-0.15, -0.1) is 0 Å². The molecule has 0 unspecified atom stereocenters. The monoisotopic (exact) mass is 293 g/mol. The molecule has 1 aromatic rings. The van der Waals surface area contributed by atoms with Crippen LogP contribution < -0.4 is 0 Å². The van der Waals surface area contributed by atoms with Crippen LogP contribution in [0.5, 0.6) is 0 Å². The average molecular weight is 294 g/mol. The maximum Gasteiger partial charge on any atom is 0.255 e. The van der Waals surface area contributed by atoms with Crippen molar-refractivity contribution in [2.24, 2.45) is 0 Å². The molecular weight excluding hydrogens is 278 g/mol. The number of hydrogen-bond donors (Lipinski definition) is 0. The molecule has 0 spiro atoms. The highest BCUT2D eigenvalue weighted by molar-refractivity contribution is 9.10. The molecule has 0 saturated carbocycles. The van der Waals surface area contributed by atoms with E-state index in [1.165, 1.54) is 5.57 Å². The van der Waals surface area contributed by atoms with Crippen molar-refractivity contribution in [3.63, 3.8) is 0 Å². The molecule has 1 aliphatic rings. The van der Waals surface area contributed by atoms with Gasteiger partial charge in [-0.3, -0.25) is 4.79 Å². The predicted octanol–water partition coefficient (Wildman–Crippen LogP) is 3.55. The zero-order chi connectivity index (χ0) is 12.4. The number of hydrogen-bond acceptors (Lipinski definition) is 1. The summed E-state index contributed by atoms with van der Waals surface area (Å²) in [5.41, 5.74) is 3.18. The normalized spacial score (nSPS) is 15.7. The van der Waals surface area contributed by atoms with Crippen LogP contribution in [-0.4, -0.2) is 23.9 Å². The van der Waals surface area contributed by atoms with E-state index in [-0.39, 0.29) is 5.91 Å². The molecule has 0 aromatic heterocycles. The molecule has 1 aromatic carbocycles. The first-order valence-electron chi connectivity index (χ1n) is 5.79. The van der Waals surface area contributed by atoms with Gasteiger partial charge in [0.1, 0.15) is 0 Å². The Balaban J connectivity index is 2.22. The Hall–Kier alpha value is -1.09. The van der Waals surface area contributed by atoms with Crippen molar-refractivity contribution in [3.05, 3.63) is 45.4 Å². The minimum Gasteiger partial charge on any atom is -0.334 e. The van der Waals surface area contributed by atoms with E-state index in [4.69, 9.17) is 0 Å². The number of aryl methyl sites for hydroxylation is 1. The van der Waals surface area contributed by atoms with E-state index in [0.717, 1.165) is 35.1 Å². The van der Waals surface area contributed by atoms with E-state index in [9.17, 15) is 4.79 Å². The zero-order valence-corrected chi connectivity index (χ0v) is 11.8. The molecule has 2 rings (SSSR count). The van der Waals surface area contributed by atoms with Crippen molar-refractivity contribution in [2.45, 2.75) is 20.3 Å². The third-order valence-electron chi connectivity index (χ3n) is 2.97. The maximum absolute atomic E-state index is 12.3. The Kier molecular flexibility index (Phi) is 3.67. The van der Waals surface area contributed by atoms with Gasteiger partial charge < -0.3 is 4.90 Å². The Morgan fingerprint density at radius 1 is 1.35 bits per heavy atom.